The molecule has 1 N–H and O–H groups in total. The lowest BCUT2D eigenvalue weighted by molar-refractivity contribution is 0.102. The number of carbonyl (C=O) groups is 1. The number of ether oxygens (including phenoxy) is 1. The van der Waals surface area contributed by atoms with Crippen molar-refractivity contribution >= 4 is 17.3 Å². The molecule has 138 valence electrons. The van der Waals surface area contributed by atoms with Crippen LogP contribution in [0.15, 0.2) is 73.1 Å². The number of nitrogens with one attached hydrogen (secondary N) is 1. The minimum atomic E-state index is -0.218. The normalized spacial score (nSPS) is 10.3. The molecule has 1 heterocycles. The van der Waals surface area contributed by atoms with Gasteiger partial charge in [0.15, 0.2) is 0 Å². The van der Waals surface area contributed by atoms with Crippen LogP contribution in [0.4, 0.5) is 11.4 Å². The van der Waals surface area contributed by atoms with Crippen LogP contribution >= 0.6 is 0 Å². The van der Waals surface area contributed by atoms with Crippen molar-refractivity contribution in [3.05, 3.63) is 84.2 Å². The molecular formula is C22H23N3O2. The summed E-state index contributed by atoms with van der Waals surface area (Å²) >= 11 is 0. The van der Waals surface area contributed by atoms with Crippen molar-refractivity contribution in [3.8, 4) is 5.75 Å². The van der Waals surface area contributed by atoms with Gasteiger partial charge in [0, 0.05) is 19.3 Å². The highest BCUT2D eigenvalue weighted by atomic mass is 16.5. The van der Waals surface area contributed by atoms with Gasteiger partial charge in [-0.1, -0.05) is 42.5 Å². The third kappa shape index (κ3) is 4.64. The number of rotatable bonds is 7. The van der Waals surface area contributed by atoms with E-state index in [1.54, 1.807) is 19.5 Å². The fraction of sp³-hybridized carbons (Fsp3) is 0.182. The van der Waals surface area contributed by atoms with Gasteiger partial charge in [0.05, 0.1) is 30.2 Å². The monoisotopic (exact) mass is 361 g/mol. The fourth-order valence-corrected chi connectivity index (χ4v) is 2.86. The van der Waals surface area contributed by atoms with Gasteiger partial charge in [-0.2, -0.15) is 0 Å². The van der Waals surface area contributed by atoms with Gasteiger partial charge in [-0.3, -0.25) is 9.78 Å². The number of nitrogens with zero attached hydrogens (tertiary/aromatic N) is 2. The number of pyridine rings is 1. The first-order valence-corrected chi connectivity index (χ1v) is 8.89. The third-order valence-corrected chi connectivity index (χ3v) is 4.30. The zero-order valence-corrected chi connectivity index (χ0v) is 15.6. The molecule has 0 unspecified atom stereocenters. The maximum absolute atomic E-state index is 12.7. The summed E-state index contributed by atoms with van der Waals surface area (Å²) < 4.78 is 5.29. The molecule has 0 aliphatic rings. The van der Waals surface area contributed by atoms with Crippen LogP contribution in [-0.2, 0) is 6.54 Å². The summed E-state index contributed by atoms with van der Waals surface area (Å²) in [5.74, 6) is 0.402. The Balaban J connectivity index is 1.78. The Hall–Kier alpha value is -3.34. The molecule has 0 radical (unpaired) electrons. The summed E-state index contributed by atoms with van der Waals surface area (Å²) in [4.78, 5) is 19.1. The van der Waals surface area contributed by atoms with Crippen LogP contribution in [0, 0.1) is 0 Å². The van der Waals surface area contributed by atoms with Crippen molar-refractivity contribution in [3.63, 3.8) is 0 Å². The van der Waals surface area contributed by atoms with Crippen molar-refractivity contribution in [2.75, 3.05) is 23.9 Å². The number of anilines is 2. The minimum absolute atomic E-state index is 0.218. The second-order valence-corrected chi connectivity index (χ2v) is 6.09. The summed E-state index contributed by atoms with van der Waals surface area (Å²) in [5.41, 5.74) is 3.26. The fourth-order valence-electron chi connectivity index (χ4n) is 2.86. The van der Waals surface area contributed by atoms with Crippen LogP contribution < -0.4 is 15.0 Å². The van der Waals surface area contributed by atoms with Gasteiger partial charge in [0.2, 0.25) is 0 Å². The molecule has 0 atom stereocenters. The smallest absolute Gasteiger partial charge is 0.257 e. The molecule has 0 saturated carbocycles. The maximum Gasteiger partial charge on any atom is 0.257 e. The predicted octanol–water partition coefficient (Wildman–Crippen LogP) is 4.37. The molecule has 0 aliphatic carbocycles. The molecule has 5 nitrogen and oxygen atoms in total. The highest BCUT2D eigenvalue weighted by Crippen LogP contribution is 2.24. The average Bonchev–Trinajstić information content (AvgIpc) is 2.73. The Kier molecular flexibility index (Phi) is 6.05. The number of methoxy groups -OCH3 is 1. The molecule has 0 fully saturated rings. The molecular weight excluding hydrogens is 338 g/mol. The maximum atomic E-state index is 12.7. The van der Waals surface area contributed by atoms with E-state index < -0.39 is 0 Å². The Labute approximate surface area is 159 Å². The molecule has 0 spiro atoms. The second-order valence-electron chi connectivity index (χ2n) is 6.09. The van der Waals surface area contributed by atoms with Crippen molar-refractivity contribution in [2.45, 2.75) is 13.5 Å². The SMILES string of the molecule is CCN(Cc1ccccc1)c1cncc(C(=O)Nc2ccccc2OC)c1. The molecule has 1 amide bonds. The molecule has 5 heteroatoms. The number of amides is 1. The van der Waals surface area contributed by atoms with E-state index in [0.29, 0.717) is 17.0 Å². The molecule has 0 saturated heterocycles. The lowest BCUT2D eigenvalue weighted by atomic mass is 10.2. The van der Waals surface area contributed by atoms with Gasteiger partial charge in [-0.15, -0.1) is 0 Å². The Morgan fingerprint density at radius 1 is 1.07 bits per heavy atom. The van der Waals surface area contributed by atoms with E-state index in [1.807, 2.05) is 48.5 Å². The van der Waals surface area contributed by atoms with E-state index in [2.05, 4.69) is 34.3 Å². The second kappa shape index (κ2) is 8.85. The first kappa shape index (κ1) is 18.5. The molecule has 0 aliphatic heterocycles. The van der Waals surface area contributed by atoms with Gasteiger partial charge in [0.1, 0.15) is 5.75 Å². The van der Waals surface area contributed by atoms with Gasteiger partial charge in [-0.05, 0) is 30.7 Å². The molecule has 2 aromatic carbocycles. The van der Waals surface area contributed by atoms with E-state index >= 15 is 0 Å². The van der Waals surface area contributed by atoms with E-state index in [9.17, 15) is 4.79 Å². The van der Waals surface area contributed by atoms with Crippen LogP contribution in [0.25, 0.3) is 0 Å². The number of hydrogen-bond acceptors (Lipinski definition) is 4. The highest BCUT2D eigenvalue weighted by Gasteiger charge is 2.13. The highest BCUT2D eigenvalue weighted by molar-refractivity contribution is 6.05. The molecule has 3 aromatic rings. The topological polar surface area (TPSA) is 54.5 Å². The van der Waals surface area contributed by atoms with Crippen molar-refractivity contribution in [2.24, 2.45) is 0 Å². The van der Waals surface area contributed by atoms with Crippen LogP contribution in [0.1, 0.15) is 22.8 Å². The van der Waals surface area contributed by atoms with Crippen LogP contribution in [-0.4, -0.2) is 24.5 Å². The zero-order valence-electron chi connectivity index (χ0n) is 15.6. The van der Waals surface area contributed by atoms with Gasteiger partial charge in [-0.25, -0.2) is 0 Å². The number of para-hydroxylation sites is 2. The van der Waals surface area contributed by atoms with Gasteiger partial charge < -0.3 is 15.0 Å². The Bertz CT molecular complexity index is 897. The quantitative estimate of drug-likeness (QED) is 0.679. The van der Waals surface area contributed by atoms with E-state index in [-0.39, 0.29) is 5.91 Å². The first-order valence-electron chi connectivity index (χ1n) is 8.89. The van der Waals surface area contributed by atoms with Crippen molar-refractivity contribution in [1.82, 2.24) is 4.98 Å². The van der Waals surface area contributed by atoms with Crippen LogP contribution in [0.3, 0.4) is 0 Å². The number of hydrogen-bond donors (Lipinski definition) is 1. The number of benzene rings is 2. The van der Waals surface area contributed by atoms with E-state index in [4.69, 9.17) is 4.74 Å². The number of carbonyl (C=O) groups excluding carboxylic acids is 1. The first-order chi connectivity index (χ1) is 13.2. The summed E-state index contributed by atoms with van der Waals surface area (Å²) in [6.45, 7) is 3.66. The lowest BCUT2D eigenvalue weighted by Gasteiger charge is -2.23. The third-order valence-electron chi connectivity index (χ3n) is 4.30. The molecule has 27 heavy (non-hydrogen) atoms. The predicted molar refractivity (Wildman–Crippen MR) is 108 cm³/mol. The van der Waals surface area contributed by atoms with Crippen molar-refractivity contribution < 1.29 is 9.53 Å². The molecule has 0 bridgehead atoms. The van der Waals surface area contributed by atoms with Gasteiger partial charge >= 0.3 is 0 Å². The van der Waals surface area contributed by atoms with Crippen LogP contribution in [0.2, 0.25) is 0 Å². The minimum Gasteiger partial charge on any atom is -0.495 e. The molecule has 3 rings (SSSR count). The Morgan fingerprint density at radius 3 is 2.56 bits per heavy atom. The summed E-state index contributed by atoms with van der Waals surface area (Å²) in [6.07, 6.45) is 3.36. The lowest BCUT2D eigenvalue weighted by Crippen LogP contribution is -2.23. The molecule has 1 aromatic heterocycles. The van der Waals surface area contributed by atoms with E-state index in [0.717, 1.165) is 18.8 Å². The summed E-state index contributed by atoms with van der Waals surface area (Å²) in [5, 5.41) is 2.89. The largest absolute Gasteiger partial charge is 0.495 e. The summed E-state index contributed by atoms with van der Waals surface area (Å²) in [6, 6.07) is 19.4. The number of aromatic nitrogens is 1. The standard InChI is InChI=1S/C22H23N3O2/c1-3-25(16-17-9-5-4-6-10-17)19-13-18(14-23-15-19)22(26)24-20-11-7-8-12-21(20)27-2/h4-15H,3,16H2,1-2H3,(H,24,26). The zero-order chi connectivity index (χ0) is 19.1. The van der Waals surface area contributed by atoms with Crippen molar-refractivity contribution in [1.29, 1.82) is 0 Å². The van der Waals surface area contributed by atoms with E-state index in [1.165, 1.54) is 5.56 Å². The Morgan fingerprint density at radius 2 is 1.81 bits per heavy atom. The van der Waals surface area contributed by atoms with Crippen LogP contribution in [0.5, 0.6) is 5.75 Å². The van der Waals surface area contributed by atoms with Gasteiger partial charge in [0.25, 0.3) is 5.91 Å². The average molecular weight is 361 g/mol. The summed E-state index contributed by atoms with van der Waals surface area (Å²) in [7, 11) is 1.58.